The van der Waals surface area contributed by atoms with Crippen LogP contribution in [0.3, 0.4) is 0 Å². The zero-order chi connectivity index (χ0) is 15.4. The Morgan fingerprint density at radius 1 is 1.33 bits per heavy atom. The number of benzene rings is 1. The van der Waals surface area contributed by atoms with Gasteiger partial charge in [0.05, 0.1) is 6.04 Å². The highest BCUT2D eigenvalue weighted by molar-refractivity contribution is 5.99. The normalized spacial score (nSPS) is 21.2. The molecule has 2 rings (SSSR count). The van der Waals surface area contributed by atoms with E-state index in [0.29, 0.717) is 6.04 Å². The van der Waals surface area contributed by atoms with Gasteiger partial charge in [-0.25, -0.2) is 8.78 Å². The smallest absolute Gasteiger partial charge is 0.179 e. The predicted octanol–water partition coefficient (Wildman–Crippen LogP) is 4.19. The first-order valence-corrected chi connectivity index (χ1v) is 7.79. The number of carbonyl (C=O) groups excluding carboxylic acids is 1. The molecule has 1 aliphatic rings. The van der Waals surface area contributed by atoms with Crippen molar-refractivity contribution in [1.29, 1.82) is 0 Å². The molecule has 1 fully saturated rings. The summed E-state index contributed by atoms with van der Waals surface area (Å²) in [6.45, 7) is 4.92. The van der Waals surface area contributed by atoms with E-state index in [2.05, 4.69) is 11.8 Å². The van der Waals surface area contributed by atoms with Crippen LogP contribution in [0.15, 0.2) is 18.2 Å². The van der Waals surface area contributed by atoms with Gasteiger partial charge in [0.2, 0.25) is 0 Å². The first-order chi connectivity index (χ1) is 10.0. The van der Waals surface area contributed by atoms with Gasteiger partial charge in [-0.15, -0.1) is 0 Å². The minimum absolute atomic E-state index is 0.128. The summed E-state index contributed by atoms with van der Waals surface area (Å²) in [7, 11) is 0. The van der Waals surface area contributed by atoms with Crippen LogP contribution in [0, 0.1) is 11.6 Å². The van der Waals surface area contributed by atoms with Crippen LogP contribution in [0.4, 0.5) is 8.78 Å². The van der Waals surface area contributed by atoms with Crippen LogP contribution in [-0.4, -0.2) is 29.3 Å². The molecule has 2 atom stereocenters. The number of Topliss-reactive ketones (excluding diaryl/α,β-unsaturated/α-hetero) is 1. The Hall–Kier alpha value is -1.29. The second-order valence-corrected chi connectivity index (χ2v) is 5.85. The van der Waals surface area contributed by atoms with Crippen molar-refractivity contribution in [2.45, 2.75) is 58.0 Å². The van der Waals surface area contributed by atoms with Crippen LogP contribution in [0.2, 0.25) is 0 Å². The van der Waals surface area contributed by atoms with Gasteiger partial charge in [-0.1, -0.05) is 19.8 Å². The molecule has 1 saturated heterocycles. The summed E-state index contributed by atoms with van der Waals surface area (Å²) in [6, 6.07) is 3.54. The molecule has 1 aromatic carbocycles. The number of nitrogens with zero attached hydrogens (tertiary/aromatic N) is 1. The molecular formula is C17H23F2NO. The Morgan fingerprint density at radius 2 is 2.10 bits per heavy atom. The van der Waals surface area contributed by atoms with Crippen LogP contribution in [-0.2, 0) is 0 Å². The molecule has 2 unspecified atom stereocenters. The number of piperidine rings is 1. The van der Waals surface area contributed by atoms with Crippen molar-refractivity contribution in [3.63, 3.8) is 0 Å². The highest BCUT2D eigenvalue weighted by Gasteiger charge is 2.30. The van der Waals surface area contributed by atoms with Crippen molar-refractivity contribution < 1.29 is 13.6 Å². The van der Waals surface area contributed by atoms with Crippen molar-refractivity contribution >= 4 is 5.78 Å². The summed E-state index contributed by atoms with van der Waals surface area (Å²) >= 11 is 0. The Balaban J connectivity index is 2.14. The summed E-state index contributed by atoms with van der Waals surface area (Å²) in [6.07, 6.45) is 5.58. The molecule has 0 aromatic heterocycles. The maximum Gasteiger partial charge on any atom is 0.179 e. The van der Waals surface area contributed by atoms with Crippen LogP contribution in [0.25, 0.3) is 0 Å². The summed E-state index contributed by atoms with van der Waals surface area (Å²) in [5.74, 6) is -2.00. The van der Waals surface area contributed by atoms with Gasteiger partial charge in [-0.2, -0.15) is 0 Å². The molecule has 0 amide bonds. The predicted molar refractivity (Wildman–Crippen MR) is 79.4 cm³/mol. The second-order valence-electron chi connectivity index (χ2n) is 5.85. The lowest BCUT2D eigenvalue weighted by molar-refractivity contribution is 0.0649. The van der Waals surface area contributed by atoms with Crippen molar-refractivity contribution in [3.8, 4) is 0 Å². The van der Waals surface area contributed by atoms with Gasteiger partial charge in [0.25, 0.3) is 0 Å². The van der Waals surface area contributed by atoms with Gasteiger partial charge < -0.3 is 0 Å². The third-order valence-corrected chi connectivity index (χ3v) is 4.38. The average Bonchev–Trinajstić information content (AvgIpc) is 2.49. The van der Waals surface area contributed by atoms with Crippen LogP contribution in [0.5, 0.6) is 0 Å². The van der Waals surface area contributed by atoms with E-state index >= 15 is 0 Å². The maximum atomic E-state index is 13.3. The lowest BCUT2D eigenvalue weighted by Gasteiger charge is -2.39. The lowest BCUT2D eigenvalue weighted by atomic mass is 9.94. The maximum absolute atomic E-state index is 13.3. The van der Waals surface area contributed by atoms with Crippen molar-refractivity contribution in [1.82, 2.24) is 4.90 Å². The van der Waals surface area contributed by atoms with E-state index in [0.717, 1.165) is 44.4 Å². The molecule has 0 saturated carbocycles. The van der Waals surface area contributed by atoms with Crippen LogP contribution in [0.1, 0.15) is 56.3 Å². The first kappa shape index (κ1) is 16.1. The zero-order valence-electron chi connectivity index (χ0n) is 12.7. The fourth-order valence-electron chi connectivity index (χ4n) is 3.22. The van der Waals surface area contributed by atoms with Crippen molar-refractivity contribution in [2.24, 2.45) is 0 Å². The zero-order valence-corrected chi connectivity index (χ0v) is 12.7. The summed E-state index contributed by atoms with van der Waals surface area (Å²) in [4.78, 5) is 14.8. The monoisotopic (exact) mass is 295 g/mol. The molecule has 1 aromatic rings. The Kier molecular flexibility index (Phi) is 5.45. The van der Waals surface area contributed by atoms with E-state index in [1.165, 1.54) is 12.5 Å². The van der Waals surface area contributed by atoms with Crippen molar-refractivity contribution in [3.05, 3.63) is 35.4 Å². The molecule has 1 heterocycles. The number of hydrogen-bond acceptors (Lipinski definition) is 2. The fourth-order valence-corrected chi connectivity index (χ4v) is 3.22. The van der Waals surface area contributed by atoms with E-state index in [4.69, 9.17) is 0 Å². The quantitative estimate of drug-likeness (QED) is 0.759. The molecular weight excluding hydrogens is 272 g/mol. The second kappa shape index (κ2) is 7.12. The van der Waals surface area contributed by atoms with Gasteiger partial charge in [-0.05, 0) is 50.9 Å². The molecule has 0 aliphatic carbocycles. The number of hydrogen-bond donors (Lipinski definition) is 0. The third kappa shape index (κ3) is 3.67. The Labute approximate surface area is 125 Å². The minimum atomic E-state index is -0.961. The molecule has 21 heavy (non-hydrogen) atoms. The number of likely N-dealkylation sites (tertiary alicyclic amines) is 1. The molecule has 0 bridgehead atoms. The van der Waals surface area contributed by atoms with Gasteiger partial charge in [0, 0.05) is 11.6 Å². The minimum Gasteiger partial charge on any atom is -0.292 e. The van der Waals surface area contributed by atoms with Gasteiger partial charge in [0.15, 0.2) is 17.4 Å². The molecule has 0 radical (unpaired) electrons. The standard InChI is InChI=1S/C17H23F2NO/c1-3-6-14-7-4-5-10-20(14)12(2)17(21)13-8-9-15(18)16(19)11-13/h8-9,11-12,14H,3-7,10H2,1-2H3. The van der Waals surface area contributed by atoms with Crippen LogP contribution < -0.4 is 0 Å². The van der Waals surface area contributed by atoms with E-state index < -0.39 is 11.6 Å². The summed E-state index contributed by atoms with van der Waals surface area (Å²) in [5, 5.41) is 0. The fraction of sp³-hybridized carbons (Fsp3) is 0.588. The van der Waals surface area contributed by atoms with Gasteiger partial charge >= 0.3 is 0 Å². The molecule has 0 spiro atoms. The highest BCUT2D eigenvalue weighted by Crippen LogP contribution is 2.24. The van der Waals surface area contributed by atoms with Crippen LogP contribution >= 0.6 is 0 Å². The first-order valence-electron chi connectivity index (χ1n) is 7.79. The number of halogens is 2. The molecule has 2 nitrogen and oxygen atoms in total. The number of ketones is 1. The molecule has 116 valence electrons. The largest absolute Gasteiger partial charge is 0.292 e. The van der Waals surface area contributed by atoms with Gasteiger partial charge in [0.1, 0.15) is 0 Å². The Bertz CT molecular complexity index is 502. The van der Waals surface area contributed by atoms with Gasteiger partial charge in [-0.3, -0.25) is 9.69 Å². The van der Waals surface area contributed by atoms with E-state index in [1.807, 2.05) is 6.92 Å². The highest BCUT2D eigenvalue weighted by atomic mass is 19.2. The van der Waals surface area contributed by atoms with E-state index in [1.54, 1.807) is 0 Å². The summed E-state index contributed by atoms with van der Waals surface area (Å²) < 4.78 is 26.3. The topological polar surface area (TPSA) is 20.3 Å². The number of carbonyl (C=O) groups is 1. The van der Waals surface area contributed by atoms with Crippen molar-refractivity contribution in [2.75, 3.05) is 6.54 Å². The van der Waals surface area contributed by atoms with E-state index in [-0.39, 0.29) is 17.4 Å². The number of rotatable bonds is 5. The third-order valence-electron chi connectivity index (χ3n) is 4.38. The lowest BCUT2D eigenvalue weighted by Crippen LogP contribution is -2.48. The van der Waals surface area contributed by atoms with E-state index in [9.17, 15) is 13.6 Å². The average molecular weight is 295 g/mol. The molecule has 0 N–H and O–H groups in total. The molecule has 1 aliphatic heterocycles. The summed E-state index contributed by atoms with van der Waals surface area (Å²) in [5.41, 5.74) is 0.252. The SMILES string of the molecule is CCCC1CCCCN1C(C)C(=O)c1ccc(F)c(F)c1. The Morgan fingerprint density at radius 3 is 2.76 bits per heavy atom. The molecule has 4 heteroatoms.